The van der Waals surface area contributed by atoms with E-state index in [1.165, 1.54) is 6.07 Å². The van der Waals surface area contributed by atoms with Crippen molar-refractivity contribution >= 4 is 17.3 Å². The molecule has 0 aliphatic heterocycles. The third-order valence-corrected chi connectivity index (χ3v) is 3.21. The third-order valence-electron chi connectivity index (χ3n) is 2.98. The van der Waals surface area contributed by atoms with Crippen LogP contribution in [-0.2, 0) is 13.1 Å². The fourth-order valence-corrected chi connectivity index (χ4v) is 2.10. The molecule has 0 saturated heterocycles. The van der Waals surface area contributed by atoms with Gasteiger partial charge in [0.2, 0.25) is 0 Å². The van der Waals surface area contributed by atoms with Crippen molar-refractivity contribution in [1.82, 2.24) is 14.9 Å². The lowest BCUT2D eigenvalue weighted by molar-refractivity contribution is -0.385. The number of halogens is 1. The minimum absolute atomic E-state index is 0.0260. The average molecular weight is 309 g/mol. The average Bonchev–Trinajstić information content (AvgIpc) is 2.86. The number of benzene rings is 1. The van der Waals surface area contributed by atoms with Crippen molar-refractivity contribution in [2.45, 2.75) is 33.0 Å². The Bertz CT molecular complexity index is 640. The second kappa shape index (κ2) is 6.69. The van der Waals surface area contributed by atoms with Gasteiger partial charge in [0.1, 0.15) is 0 Å². The van der Waals surface area contributed by atoms with Crippen LogP contribution in [0.3, 0.4) is 0 Å². The molecule has 2 aromatic rings. The van der Waals surface area contributed by atoms with Gasteiger partial charge in [0.15, 0.2) is 0 Å². The normalized spacial score (nSPS) is 11.0. The molecule has 0 aliphatic rings. The Morgan fingerprint density at radius 2 is 2.24 bits per heavy atom. The number of nitro benzene ring substituents is 1. The molecule has 1 heterocycles. The predicted molar refractivity (Wildman–Crippen MR) is 81.4 cm³/mol. The van der Waals surface area contributed by atoms with Gasteiger partial charge in [-0.3, -0.25) is 10.1 Å². The molecule has 0 atom stereocenters. The van der Waals surface area contributed by atoms with Crippen LogP contribution >= 0.6 is 11.6 Å². The maximum atomic E-state index is 11.1. The summed E-state index contributed by atoms with van der Waals surface area (Å²) in [7, 11) is 0. The molecule has 0 unspecified atom stereocenters. The van der Waals surface area contributed by atoms with E-state index >= 15 is 0 Å². The van der Waals surface area contributed by atoms with E-state index in [0.29, 0.717) is 29.7 Å². The molecule has 0 saturated carbocycles. The van der Waals surface area contributed by atoms with E-state index in [9.17, 15) is 10.1 Å². The molecule has 1 aromatic carbocycles. The number of nitro groups is 1. The van der Waals surface area contributed by atoms with Gasteiger partial charge in [-0.1, -0.05) is 25.4 Å². The van der Waals surface area contributed by atoms with Crippen LogP contribution in [0.2, 0.25) is 5.02 Å². The molecule has 2 rings (SSSR count). The second-order valence-corrected chi connectivity index (χ2v) is 5.54. The zero-order chi connectivity index (χ0) is 15.4. The van der Waals surface area contributed by atoms with Crippen LogP contribution in [0, 0.1) is 10.1 Å². The Morgan fingerprint density at radius 1 is 1.48 bits per heavy atom. The van der Waals surface area contributed by atoms with E-state index < -0.39 is 4.92 Å². The van der Waals surface area contributed by atoms with Gasteiger partial charge in [-0.15, -0.1) is 0 Å². The summed E-state index contributed by atoms with van der Waals surface area (Å²) in [6, 6.07) is 5.08. The highest BCUT2D eigenvalue weighted by atomic mass is 35.5. The van der Waals surface area contributed by atoms with Gasteiger partial charge in [-0.05, 0) is 12.1 Å². The fraction of sp³-hybridized carbons (Fsp3) is 0.357. The molecule has 21 heavy (non-hydrogen) atoms. The highest BCUT2D eigenvalue weighted by molar-refractivity contribution is 6.30. The summed E-state index contributed by atoms with van der Waals surface area (Å²) in [5, 5.41) is 14.7. The largest absolute Gasteiger partial charge is 0.332 e. The van der Waals surface area contributed by atoms with Crippen molar-refractivity contribution < 1.29 is 4.92 Å². The number of imidazole rings is 1. The lowest BCUT2D eigenvalue weighted by Gasteiger charge is -2.05. The molecule has 0 bridgehead atoms. The van der Waals surface area contributed by atoms with Gasteiger partial charge in [0.25, 0.3) is 5.69 Å². The zero-order valence-electron chi connectivity index (χ0n) is 11.9. The highest BCUT2D eigenvalue weighted by Gasteiger charge is 2.14. The van der Waals surface area contributed by atoms with Crippen LogP contribution in [0.25, 0.3) is 0 Å². The number of rotatable bonds is 6. The molecule has 1 aromatic heterocycles. The molecule has 1 N–H and O–H groups in total. The van der Waals surface area contributed by atoms with Crippen LogP contribution in [0.1, 0.15) is 25.1 Å². The SMILES string of the molecule is CC(C)NCc1cn(Cc2ccc(Cl)cc2[N+](=O)[O-])cn1. The summed E-state index contributed by atoms with van der Waals surface area (Å²) in [5.41, 5.74) is 1.53. The number of nitrogens with one attached hydrogen (secondary N) is 1. The summed E-state index contributed by atoms with van der Waals surface area (Å²) >= 11 is 5.81. The van der Waals surface area contributed by atoms with Crippen LogP contribution in [-0.4, -0.2) is 20.5 Å². The van der Waals surface area contributed by atoms with Crippen LogP contribution < -0.4 is 5.32 Å². The molecule has 112 valence electrons. The molecule has 6 nitrogen and oxygen atoms in total. The molecular weight excluding hydrogens is 292 g/mol. The van der Waals surface area contributed by atoms with E-state index in [1.54, 1.807) is 18.5 Å². The number of nitrogens with zero attached hydrogens (tertiary/aromatic N) is 3. The van der Waals surface area contributed by atoms with Crippen molar-refractivity contribution in [1.29, 1.82) is 0 Å². The monoisotopic (exact) mass is 308 g/mol. The summed E-state index contributed by atoms with van der Waals surface area (Å²) in [6.45, 7) is 5.19. The number of aromatic nitrogens is 2. The number of hydrogen-bond donors (Lipinski definition) is 1. The quantitative estimate of drug-likeness (QED) is 0.657. The summed E-state index contributed by atoms with van der Waals surface area (Å²) in [5.74, 6) is 0. The van der Waals surface area contributed by atoms with Crippen molar-refractivity contribution in [3.63, 3.8) is 0 Å². The first kappa shape index (κ1) is 15.5. The van der Waals surface area contributed by atoms with Crippen LogP contribution in [0.5, 0.6) is 0 Å². The fourth-order valence-electron chi connectivity index (χ4n) is 1.93. The van der Waals surface area contributed by atoms with Gasteiger partial charge < -0.3 is 9.88 Å². The predicted octanol–water partition coefficient (Wildman–Crippen LogP) is 2.99. The minimum atomic E-state index is -0.417. The topological polar surface area (TPSA) is 73.0 Å². The van der Waals surface area contributed by atoms with E-state index in [1.807, 2.05) is 10.8 Å². The van der Waals surface area contributed by atoms with Crippen molar-refractivity contribution in [3.05, 3.63) is 57.1 Å². The molecule has 0 aliphatic carbocycles. The van der Waals surface area contributed by atoms with Crippen LogP contribution in [0.15, 0.2) is 30.7 Å². The first-order valence-corrected chi connectivity index (χ1v) is 7.00. The summed E-state index contributed by atoms with van der Waals surface area (Å²) in [6.07, 6.45) is 3.56. The Kier molecular flexibility index (Phi) is 4.93. The van der Waals surface area contributed by atoms with Gasteiger partial charge in [0, 0.05) is 35.4 Å². The second-order valence-electron chi connectivity index (χ2n) is 5.10. The Morgan fingerprint density at radius 3 is 2.90 bits per heavy atom. The van der Waals surface area contributed by atoms with Gasteiger partial charge in [0.05, 0.1) is 23.5 Å². The Balaban J connectivity index is 2.13. The highest BCUT2D eigenvalue weighted by Crippen LogP contribution is 2.24. The summed E-state index contributed by atoms with van der Waals surface area (Å²) < 4.78 is 1.83. The lowest BCUT2D eigenvalue weighted by Crippen LogP contribution is -2.21. The Labute approximate surface area is 127 Å². The third kappa shape index (κ3) is 4.27. The standard InChI is InChI=1S/C14H17ClN4O2/c1-10(2)16-6-13-8-18(9-17-13)7-11-3-4-12(15)5-14(11)19(20)21/h3-5,8-10,16H,6-7H2,1-2H3. The molecule has 0 spiro atoms. The first-order valence-electron chi connectivity index (χ1n) is 6.62. The van der Waals surface area contributed by atoms with Gasteiger partial charge >= 0.3 is 0 Å². The lowest BCUT2D eigenvalue weighted by atomic mass is 10.2. The van der Waals surface area contributed by atoms with Gasteiger partial charge in [-0.2, -0.15) is 0 Å². The van der Waals surface area contributed by atoms with E-state index in [4.69, 9.17) is 11.6 Å². The Hall–Kier alpha value is -1.92. The van der Waals surface area contributed by atoms with Crippen molar-refractivity contribution in [3.8, 4) is 0 Å². The molecule has 0 radical (unpaired) electrons. The minimum Gasteiger partial charge on any atom is -0.332 e. The van der Waals surface area contributed by atoms with E-state index in [2.05, 4.69) is 24.1 Å². The van der Waals surface area contributed by atoms with E-state index in [0.717, 1.165) is 5.69 Å². The first-order chi connectivity index (χ1) is 9.95. The maximum Gasteiger partial charge on any atom is 0.275 e. The van der Waals surface area contributed by atoms with Crippen molar-refractivity contribution in [2.75, 3.05) is 0 Å². The molecule has 0 fully saturated rings. The maximum absolute atomic E-state index is 11.1. The van der Waals surface area contributed by atoms with Crippen LogP contribution in [0.4, 0.5) is 5.69 Å². The summed E-state index contributed by atoms with van der Waals surface area (Å²) in [4.78, 5) is 14.9. The van der Waals surface area contributed by atoms with Gasteiger partial charge in [-0.25, -0.2) is 4.98 Å². The molecular formula is C14H17ClN4O2. The smallest absolute Gasteiger partial charge is 0.275 e. The van der Waals surface area contributed by atoms with Crippen molar-refractivity contribution in [2.24, 2.45) is 0 Å². The zero-order valence-corrected chi connectivity index (χ0v) is 12.7. The molecule has 7 heteroatoms. The molecule has 0 amide bonds. The number of hydrogen-bond acceptors (Lipinski definition) is 4. The van der Waals surface area contributed by atoms with E-state index in [-0.39, 0.29) is 5.69 Å².